The van der Waals surface area contributed by atoms with E-state index in [9.17, 15) is 14.4 Å². The summed E-state index contributed by atoms with van der Waals surface area (Å²) in [5.74, 6) is 0.835. The fourth-order valence-corrected chi connectivity index (χ4v) is 5.60. The van der Waals surface area contributed by atoms with Gasteiger partial charge in [-0.3, -0.25) is 14.6 Å². The Kier molecular flexibility index (Phi) is 8.47. The lowest BCUT2D eigenvalue weighted by Gasteiger charge is -2.39. The number of thiophene rings is 1. The second-order valence-corrected chi connectivity index (χ2v) is 10.5. The molecule has 2 aliphatic heterocycles. The van der Waals surface area contributed by atoms with E-state index in [2.05, 4.69) is 10.2 Å². The maximum atomic E-state index is 13.4. The number of hydrogen-bond acceptors (Lipinski definition) is 7. The summed E-state index contributed by atoms with van der Waals surface area (Å²) >= 11 is 1.44. The van der Waals surface area contributed by atoms with Crippen LogP contribution in [0, 0.1) is 0 Å². The number of benzene rings is 2. The van der Waals surface area contributed by atoms with Crippen LogP contribution in [0.1, 0.15) is 28.2 Å². The SMILES string of the molecule is CCOC(=O)C1=C(CN2CCN(C(=O)c3cccs3)CC2)N(C)C(=O)N[C@H]1c1cccc(Oc2ccccc2)c1. The largest absolute Gasteiger partial charge is 0.463 e. The van der Waals surface area contributed by atoms with E-state index in [4.69, 9.17) is 9.47 Å². The minimum Gasteiger partial charge on any atom is -0.463 e. The topological polar surface area (TPSA) is 91.4 Å². The van der Waals surface area contributed by atoms with Crippen LogP contribution in [0.5, 0.6) is 11.5 Å². The van der Waals surface area contributed by atoms with E-state index in [0.717, 1.165) is 4.88 Å². The van der Waals surface area contributed by atoms with E-state index in [1.165, 1.54) is 16.2 Å². The van der Waals surface area contributed by atoms with Gasteiger partial charge >= 0.3 is 12.0 Å². The van der Waals surface area contributed by atoms with Gasteiger partial charge in [0.05, 0.1) is 23.1 Å². The van der Waals surface area contributed by atoms with Gasteiger partial charge in [0.15, 0.2) is 0 Å². The zero-order valence-electron chi connectivity index (χ0n) is 22.5. The summed E-state index contributed by atoms with van der Waals surface area (Å²) in [6.45, 7) is 4.72. The number of nitrogens with one attached hydrogen (secondary N) is 1. The van der Waals surface area contributed by atoms with E-state index < -0.39 is 12.0 Å². The first-order chi connectivity index (χ1) is 19.4. The molecule has 0 aliphatic carbocycles. The van der Waals surface area contributed by atoms with Crippen LogP contribution in [0.15, 0.2) is 83.4 Å². The van der Waals surface area contributed by atoms with Crippen molar-refractivity contribution in [2.75, 3.05) is 46.4 Å². The van der Waals surface area contributed by atoms with Crippen molar-refractivity contribution in [2.45, 2.75) is 13.0 Å². The number of urea groups is 1. The molecule has 2 aromatic carbocycles. The van der Waals surface area contributed by atoms with Gasteiger partial charge in [0, 0.05) is 45.5 Å². The third-order valence-corrected chi connectivity index (χ3v) is 7.87. The number of ether oxygens (including phenoxy) is 2. The molecular weight excluding hydrogens is 528 g/mol. The molecule has 0 bridgehead atoms. The Hall–Kier alpha value is -4.15. The van der Waals surface area contributed by atoms with Gasteiger partial charge in [-0.2, -0.15) is 0 Å². The summed E-state index contributed by atoms with van der Waals surface area (Å²) in [6, 6.07) is 19.5. The van der Waals surface area contributed by atoms with Crippen molar-refractivity contribution in [1.82, 2.24) is 20.0 Å². The van der Waals surface area contributed by atoms with Crippen molar-refractivity contribution in [3.05, 3.63) is 93.8 Å². The predicted octanol–water partition coefficient (Wildman–Crippen LogP) is 4.51. The molecule has 5 rings (SSSR count). The average Bonchev–Trinajstić information content (AvgIpc) is 3.51. The van der Waals surface area contributed by atoms with E-state index in [1.54, 1.807) is 14.0 Å². The number of likely N-dealkylation sites (N-methyl/N-ethyl adjacent to an activating group) is 1. The van der Waals surface area contributed by atoms with Crippen LogP contribution in [0.25, 0.3) is 0 Å². The van der Waals surface area contributed by atoms with Gasteiger partial charge in [-0.15, -0.1) is 11.3 Å². The number of esters is 1. The van der Waals surface area contributed by atoms with E-state index in [0.29, 0.717) is 61.1 Å². The highest BCUT2D eigenvalue weighted by molar-refractivity contribution is 7.12. The quantitative estimate of drug-likeness (QED) is 0.408. The van der Waals surface area contributed by atoms with Gasteiger partial charge in [-0.1, -0.05) is 36.4 Å². The van der Waals surface area contributed by atoms with Crippen LogP contribution in [-0.2, 0) is 9.53 Å². The fourth-order valence-electron chi connectivity index (χ4n) is 4.91. The van der Waals surface area contributed by atoms with Gasteiger partial charge < -0.3 is 19.7 Å². The standard InChI is InChI=1S/C30H32N4O5S/c1-3-38-29(36)26-24(20-33-14-16-34(17-15-33)28(35)25-13-8-18-40-25)32(2)30(37)31-27(26)21-9-7-12-23(19-21)39-22-10-5-4-6-11-22/h4-13,18-19,27H,3,14-17,20H2,1-2H3,(H,31,37)/t27-/m0/s1. The molecule has 3 heterocycles. The molecule has 2 aliphatic rings. The Morgan fingerprint density at radius 3 is 2.42 bits per heavy atom. The van der Waals surface area contributed by atoms with Crippen LogP contribution in [0.4, 0.5) is 4.79 Å². The smallest absolute Gasteiger partial charge is 0.338 e. The Morgan fingerprint density at radius 2 is 1.73 bits per heavy atom. The van der Waals surface area contributed by atoms with Crippen molar-refractivity contribution in [3.8, 4) is 11.5 Å². The molecule has 0 spiro atoms. The molecule has 208 valence electrons. The van der Waals surface area contributed by atoms with Crippen molar-refractivity contribution in [1.29, 1.82) is 0 Å². The zero-order chi connectivity index (χ0) is 28.1. The molecule has 1 atom stereocenters. The van der Waals surface area contributed by atoms with Crippen LogP contribution in [0.3, 0.4) is 0 Å². The average molecular weight is 561 g/mol. The van der Waals surface area contributed by atoms with Crippen molar-refractivity contribution in [2.24, 2.45) is 0 Å². The van der Waals surface area contributed by atoms with E-state index in [1.807, 2.05) is 77.0 Å². The van der Waals surface area contributed by atoms with Crippen molar-refractivity contribution < 1.29 is 23.9 Å². The Morgan fingerprint density at radius 1 is 0.975 bits per heavy atom. The maximum Gasteiger partial charge on any atom is 0.338 e. The second kappa shape index (κ2) is 12.4. The lowest BCUT2D eigenvalue weighted by atomic mass is 9.94. The Bertz CT molecular complexity index is 1380. The second-order valence-electron chi connectivity index (χ2n) is 9.56. The van der Waals surface area contributed by atoms with Gasteiger partial charge in [0.1, 0.15) is 11.5 Å². The molecule has 0 saturated carbocycles. The summed E-state index contributed by atoms with van der Waals surface area (Å²) in [5, 5.41) is 4.87. The van der Waals surface area contributed by atoms with E-state index in [-0.39, 0.29) is 18.5 Å². The fraction of sp³-hybridized carbons (Fsp3) is 0.300. The van der Waals surface area contributed by atoms with Gasteiger partial charge in [0.25, 0.3) is 5.91 Å². The summed E-state index contributed by atoms with van der Waals surface area (Å²) in [4.78, 5) is 45.5. The van der Waals surface area contributed by atoms with E-state index >= 15 is 0 Å². The first-order valence-corrected chi connectivity index (χ1v) is 14.1. The molecule has 10 heteroatoms. The van der Waals surface area contributed by atoms with Gasteiger partial charge in [0.2, 0.25) is 0 Å². The summed E-state index contributed by atoms with van der Waals surface area (Å²) < 4.78 is 11.5. The summed E-state index contributed by atoms with van der Waals surface area (Å²) in [5.41, 5.74) is 1.68. The number of rotatable bonds is 8. The van der Waals surface area contributed by atoms with Crippen LogP contribution in [-0.4, -0.2) is 79.0 Å². The Labute approximate surface area is 237 Å². The molecule has 3 aromatic rings. The van der Waals surface area contributed by atoms with Gasteiger partial charge in [-0.05, 0) is 48.2 Å². The number of carbonyl (C=O) groups excluding carboxylic acids is 3. The molecule has 9 nitrogen and oxygen atoms in total. The lowest BCUT2D eigenvalue weighted by molar-refractivity contribution is -0.139. The van der Waals surface area contributed by atoms with Crippen molar-refractivity contribution >= 4 is 29.2 Å². The monoisotopic (exact) mass is 560 g/mol. The summed E-state index contributed by atoms with van der Waals surface area (Å²) in [6.07, 6.45) is 0. The minimum atomic E-state index is -0.709. The molecule has 0 radical (unpaired) electrons. The molecule has 1 saturated heterocycles. The highest BCUT2D eigenvalue weighted by atomic mass is 32.1. The number of piperazine rings is 1. The predicted molar refractivity (Wildman–Crippen MR) is 152 cm³/mol. The van der Waals surface area contributed by atoms with Crippen LogP contribution < -0.4 is 10.1 Å². The minimum absolute atomic E-state index is 0.0351. The molecule has 1 N–H and O–H groups in total. The number of carbonyl (C=O) groups is 3. The van der Waals surface area contributed by atoms with Crippen LogP contribution >= 0.6 is 11.3 Å². The molecule has 1 aromatic heterocycles. The third-order valence-electron chi connectivity index (χ3n) is 7.01. The first-order valence-electron chi connectivity index (χ1n) is 13.3. The first kappa shape index (κ1) is 27.4. The summed E-state index contributed by atoms with van der Waals surface area (Å²) in [7, 11) is 1.66. The Balaban J connectivity index is 1.40. The highest BCUT2D eigenvalue weighted by Crippen LogP contribution is 2.34. The number of nitrogens with zero attached hydrogens (tertiary/aromatic N) is 3. The highest BCUT2D eigenvalue weighted by Gasteiger charge is 2.38. The number of amides is 3. The normalized spacial score (nSPS) is 17.9. The molecule has 1 fully saturated rings. The molecular formula is C30H32N4O5S. The number of hydrogen-bond donors (Lipinski definition) is 1. The molecule has 40 heavy (non-hydrogen) atoms. The zero-order valence-corrected chi connectivity index (χ0v) is 23.4. The van der Waals surface area contributed by atoms with Gasteiger partial charge in [-0.25, -0.2) is 9.59 Å². The van der Waals surface area contributed by atoms with Crippen molar-refractivity contribution in [3.63, 3.8) is 0 Å². The molecule has 0 unspecified atom stereocenters. The molecule has 3 amide bonds. The third kappa shape index (κ3) is 6.03. The van der Waals surface area contributed by atoms with Crippen LogP contribution in [0.2, 0.25) is 0 Å². The lowest BCUT2D eigenvalue weighted by Crippen LogP contribution is -2.53. The maximum absolute atomic E-state index is 13.4. The number of para-hydroxylation sites is 1.